The van der Waals surface area contributed by atoms with Gasteiger partial charge in [-0.3, -0.25) is 9.59 Å². The van der Waals surface area contributed by atoms with E-state index in [0.717, 1.165) is 45.6 Å². The van der Waals surface area contributed by atoms with Crippen LogP contribution in [-0.4, -0.2) is 34.9 Å². The van der Waals surface area contributed by atoms with E-state index in [1.54, 1.807) is 18.7 Å². The van der Waals surface area contributed by atoms with Crippen molar-refractivity contribution in [2.45, 2.75) is 62.9 Å². The van der Waals surface area contributed by atoms with Crippen LogP contribution in [0.5, 0.6) is 0 Å². The van der Waals surface area contributed by atoms with Gasteiger partial charge in [-0.15, -0.1) is 11.8 Å². The molecule has 1 aliphatic rings. The highest BCUT2D eigenvalue weighted by Gasteiger charge is 2.32. The van der Waals surface area contributed by atoms with Crippen molar-refractivity contribution in [3.8, 4) is 11.1 Å². The molecule has 4 aromatic carbocycles. The average molecular weight is 612 g/mol. The molecule has 0 saturated carbocycles. The fraction of sp³-hybridized carbons (Fsp3) is 0.278. The third-order valence-corrected chi connectivity index (χ3v) is 8.56. The Morgan fingerprint density at radius 1 is 0.886 bits per heavy atom. The molecular weight excluding hydrogens is 574 g/mol. The van der Waals surface area contributed by atoms with Crippen molar-refractivity contribution in [1.82, 2.24) is 5.32 Å². The Morgan fingerprint density at radius 3 is 2.32 bits per heavy atom. The second-order valence-corrected chi connectivity index (χ2v) is 11.9. The molecule has 1 fully saturated rings. The van der Waals surface area contributed by atoms with E-state index in [2.05, 4.69) is 29.6 Å². The molecule has 5 rings (SSSR count). The van der Waals surface area contributed by atoms with Crippen molar-refractivity contribution in [3.63, 3.8) is 0 Å². The number of rotatable bonds is 11. The maximum Gasteiger partial charge on any atom is 0.303 e. The van der Waals surface area contributed by atoms with Gasteiger partial charge in [0.15, 0.2) is 12.4 Å². The second-order valence-electron chi connectivity index (χ2n) is 10.8. The van der Waals surface area contributed by atoms with Crippen LogP contribution in [0.15, 0.2) is 108 Å². The number of hydrogen-bond acceptors (Lipinski definition) is 7. The highest BCUT2D eigenvalue weighted by atomic mass is 32.2. The first-order valence-corrected chi connectivity index (χ1v) is 15.7. The van der Waals surface area contributed by atoms with Crippen molar-refractivity contribution in [2.75, 3.05) is 5.75 Å². The maximum atomic E-state index is 12.2. The third-order valence-electron chi connectivity index (χ3n) is 7.42. The van der Waals surface area contributed by atoms with Crippen molar-refractivity contribution < 1.29 is 28.9 Å². The zero-order valence-corrected chi connectivity index (χ0v) is 25.7. The number of thioether (sulfide) groups is 1. The molecule has 1 saturated heterocycles. The van der Waals surface area contributed by atoms with Crippen LogP contribution in [0.1, 0.15) is 54.9 Å². The van der Waals surface area contributed by atoms with Gasteiger partial charge in [0.25, 0.3) is 5.91 Å². The van der Waals surface area contributed by atoms with Crippen LogP contribution >= 0.6 is 11.8 Å². The summed E-state index contributed by atoms with van der Waals surface area (Å²) in [5.41, 5.74) is 5.84. The van der Waals surface area contributed by atoms with Crippen molar-refractivity contribution in [2.24, 2.45) is 0 Å². The maximum absolute atomic E-state index is 12.2. The summed E-state index contributed by atoms with van der Waals surface area (Å²) in [6, 6.07) is 34.4. The number of carbonyl (C=O) groups excluding carboxylic acids is 2. The number of amides is 1. The molecule has 0 unspecified atom stereocenters. The molecule has 0 spiro atoms. The van der Waals surface area contributed by atoms with Crippen LogP contribution < -0.4 is 5.32 Å². The standard InChI is InChI=1S/C36H37NO6S/c1-24(41-25(2)39)35(40)37-21-27-7-6-8-31(19-27)28-15-17-30(18-16-28)36-42-32(23-44-33-9-4-3-5-10-33)20-34(43-36)29-13-11-26(22-38)12-14-29/h3-19,24,32,34,36,38H,20-23H2,1-2H3,(H,37,40)/t24-,32-,34+,36+/m0/s1. The van der Waals surface area contributed by atoms with Crippen LogP contribution in [0.2, 0.25) is 0 Å². The van der Waals surface area contributed by atoms with E-state index in [4.69, 9.17) is 14.2 Å². The van der Waals surface area contributed by atoms with E-state index in [0.29, 0.717) is 6.54 Å². The number of hydrogen-bond donors (Lipinski definition) is 2. The summed E-state index contributed by atoms with van der Waals surface area (Å²) in [7, 11) is 0. The molecule has 0 bridgehead atoms. The predicted octanol–water partition coefficient (Wildman–Crippen LogP) is 6.75. The first kappa shape index (κ1) is 31.5. The van der Waals surface area contributed by atoms with Gasteiger partial charge in [0.1, 0.15) is 0 Å². The first-order valence-electron chi connectivity index (χ1n) is 14.7. The summed E-state index contributed by atoms with van der Waals surface area (Å²) in [5.74, 6) is -0.0302. The van der Waals surface area contributed by atoms with Crippen molar-refractivity contribution in [3.05, 3.63) is 125 Å². The number of carbonyl (C=O) groups is 2. The SMILES string of the molecule is CC(=O)O[C@@H](C)C(=O)NCc1cccc(-c2ccc([C@@H]3O[C@H](CSc4ccccc4)C[C@H](c4ccc(CO)cc4)O3)cc2)c1. The van der Waals surface area contributed by atoms with Gasteiger partial charge in [-0.2, -0.15) is 0 Å². The minimum absolute atomic E-state index is 0.00701. The number of aliphatic hydroxyl groups excluding tert-OH is 1. The molecule has 2 N–H and O–H groups in total. The zero-order chi connectivity index (χ0) is 30.9. The average Bonchev–Trinajstić information content (AvgIpc) is 3.06. The monoisotopic (exact) mass is 611 g/mol. The molecule has 1 amide bonds. The van der Waals surface area contributed by atoms with Gasteiger partial charge in [0.2, 0.25) is 0 Å². The van der Waals surface area contributed by atoms with E-state index in [9.17, 15) is 14.7 Å². The normalized spacial score (nSPS) is 18.8. The summed E-state index contributed by atoms with van der Waals surface area (Å²) in [5, 5.41) is 12.3. The molecular formula is C36H37NO6S. The lowest BCUT2D eigenvalue weighted by Gasteiger charge is -2.36. The molecule has 0 aromatic heterocycles. The fourth-order valence-electron chi connectivity index (χ4n) is 5.06. The van der Waals surface area contributed by atoms with Gasteiger partial charge in [-0.05, 0) is 52.9 Å². The molecule has 4 atom stereocenters. The largest absolute Gasteiger partial charge is 0.453 e. The van der Waals surface area contributed by atoms with E-state index in [1.165, 1.54) is 11.8 Å². The zero-order valence-electron chi connectivity index (χ0n) is 24.8. The van der Waals surface area contributed by atoms with Crippen molar-refractivity contribution >= 4 is 23.6 Å². The van der Waals surface area contributed by atoms with Crippen LogP contribution in [0.3, 0.4) is 0 Å². The molecule has 0 aliphatic carbocycles. The summed E-state index contributed by atoms with van der Waals surface area (Å²) < 4.78 is 18.0. The summed E-state index contributed by atoms with van der Waals surface area (Å²) in [4.78, 5) is 24.6. The lowest BCUT2D eigenvalue weighted by atomic mass is 9.99. The van der Waals surface area contributed by atoms with Gasteiger partial charge in [0, 0.05) is 36.1 Å². The van der Waals surface area contributed by atoms with E-state index in [-0.39, 0.29) is 24.7 Å². The lowest BCUT2D eigenvalue weighted by Crippen LogP contribution is -2.35. The summed E-state index contributed by atoms with van der Waals surface area (Å²) in [6.07, 6.45) is -0.795. The molecule has 7 nitrogen and oxygen atoms in total. The van der Waals surface area contributed by atoms with Gasteiger partial charge in [-0.1, -0.05) is 84.9 Å². The Bertz CT molecular complexity index is 1530. The number of esters is 1. The molecule has 1 aliphatic heterocycles. The Hall–Kier alpha value is -3.95. The molecule has 8 heteroatoms. The predicted molar refractivity (Wildman–Crippen MR) is 171 cm³/mol. The minimum Gasteiger partial charge on any atom is -0.453 e. The van der Waals surface area contributed by atoms with E-state index in [1.807, 2.05) is 78.9 Å². The quantitative estimate of drug-likeness (QED) is 0.143. The Morgan fingerprint density at radius 2 is 1.61 bits per heavy atom. The molecule has 0 radical (unpaired) electrons. The molecule has 228 valence electrons. The summed E-state index contributed by atoms with van der Waals surface area (Å²) in [6.45, 7) is 3.16. The highest BCUT2D eigenvalue weighted by Crippen LogP contribution is 2.40. The topological polar surface area (TPSA) is 94.1 Å². The number of aliphatic hydroxyl groups is 1. The molecule has 44 heavy (non-hydrogen) atoms. The second kappa shape index (κ2) is 15.2. The van der Waals surface area contributed by atoms with E-state index < -0.39 is 18.4 Å². The molecule has 4 aromatic rings. The fourth-order valence-corrected chi connectivity index (χ4v) is 6.00. The van der Waals surface area contributed by atoms with Gasteiger partial charge < -0.3 is 24.6 Å². The lowest BCUT2D eigenvalue weighted by molar-refractivity contribution is -0.245. The Kier molecular flexibility index (Phi) is 10.9. The van der Waals surface area contributed by atoms with Crippen molar-refractivity contribution in [1.29, 1.82) is 0 Å². The first-order chi connectivity index (χ1) is 21.4. The number of benzene rings is 4. The van der Waals surface area contributed by atoms with E-state index >= 15 is 0 Å². The van der Waals surface area contributed by atoms with Gasteiger partial charge in [0.05, 0.1) is 18.8 Å². The molecule has 1 heterocycles. The van der Waals surface area contributed by atoms with Crippen LogP contribution in [-0.2, 0) is 37.0 Å². The number of ether oxygens (including phenoxy) is 3. The highest BCUT2D eigenvalue weighted by molar-refractivity contribution is 7.99. The third kappa shape index (κ3) is 8.57. The van der Waals surface area contributed by atoms with Crippen LogP contribution in [0.25, 0.3) is 11.1 Å². The van der Waals surface area contributed by atoms with Gasteiger partial charge in [-0.25, -0.2) is 0 Å². The Balaban J connectivity index is 1.28. The summed E-state index contributed by atoms with van der Waals surface area (Å²) >= 11 is 1.78. The minimum atomic E-state index is -0.844. The van der Waals surface area contributed by atoms with Gasteiger partial charge >= 0.3 is 5.97 Å². The van der Waals surface area contributed by atoms with Crippen LogP contribution in [0, 0.1) is 0 Å². The van der Waals surface area contributed by atoms with Crippen LogP contribution in [0.4, 0.5) is 0 Å². The smallest absolute Gasteiger partial charge is 0.303 e. The Labute approximate surface area is 262 Å². The number of nitrogens with one attached hydrogen (secondary N) is 1.